The van der Waals surface area contributed by atoms with Crippen molar-refractivity contribution in [2.45, 2.75) is 6.61 Å². The number of nitrogens with one attached hydrogen (secondary N) is 1. The maximum Gasteiger partial charge on any atom is 0.415 e. The number of hydrogen-bond donors (Lipinski definition) is 1. The molecule has 0 bridgehead atoms. The number of aromatic nitrogens is 1. The van der Waals surface area contributed by atoms with Crippen LogP contribution >= 0.6 is 27.5 Å². The van der Waals surface area contributed by atoms with Crippen LogP contribution in [0.3, 0.4) is 0 Å². The first-order valence-electron chi connectivity index (χ1n) is 6.35. The molecule has 0 spiro atoms. The van der Waals surface area contributed by atoms with E-state index in [1.807, 2.05) is 30.3 Å². The van der Waals surface area contributed by atoms with E-state index < -0.39 is 6.09 Å². The molecule has 3 rings (SSSR count). The Labute approximate surface area is 139 Å². The van der Waals surface area contributed by atoms with Gasteiger partial charge in [0.2, 0.25) is 0 Å². The van der Waals surface area contributed by atoms with Crippen LogP contribution in [-0.4, -0.2) is 11.1 Å². The Kier molecular flexibility index (Phi) is 4.31. The Balaban J connectivity index is 1.68. The molecule has 0 aliphatic heterocycles. The van der Waals surface area contributed by atoms with E-state index in [0.29, 0.717) is 20.6 Å². The van der Waals surface area contributed by atoms with Crippen LogP contribution in [0.15, 0.2) is 51.4 Å². The summed E-state index contributed by atoms with van der Waals surface area (Å²) < 4.78 is 11.2. The molecule has 5 nitrogen and oxygen atoms in total. The fourth-order valence-corrected chi connectivity index (χ4v) is 2.73. The van der Waals surface area contributed by atoms with Gasteiger partial charge < -0.3 is 9.15 Å². The molecule has 0 unspecified atom stereocenters. The third kappa shape index (κ3) is 3.40. The monoisotopic (exact) mass is 380 g/mol. The van der Waals surface area contributed by atoms with Gasteiger partial charge in [-0.15, -0.1) is 0 Å². The van der Waals surface area contributed by atoms with Crippen LogP contribution in [-0.2, 0) is 11.3 Å². The molecule has 0 aliphatic carbocycles. The number of nitrogens with zero attached hydrogens (tertiary/aromatic N) is 1. The summed E-state index contributed by atoms with van der Waals surface area (Å²) in [6, 6.07) is 12.8. The molecule has 0 radical (unpaired) electrons. The Bertz CT molecular complexity index is 820. The second-order valence-electron chi connectivity index (χ2n) is 4.44. The maximum atomic E-state index is 11.7. The average molecular weight is 382 g/mol. The standard InChI is InChI=1S/C15H10BrClN2O3/c16-11-6-10(17)7-12-13(11)22-14(18-12)19-15(20)21-8-9-4-2-1-3-5-9/h1-7H,8H2,(H,18,19,20). The van der Waals surface area contributed by atoms with Gasteiger partial charge in [-0.3, -0.25) is 0 Å². The number of halogens is 2. The van der Waals surface area contributed by atoms with Crippen molar-refractivity contribution in [1.82, 2.24) is 4.98 Å². The highest BCUT2D eigenvalue weighted by atomic mass is 79.9. The number of oxazole rings is 1. The normalized spacial score (nSPS) is 10.6. The number of carbonyl (C=O) groups excluding carboxylic acids is 1. The van der Waals surface area contributed by atoms with Crippen molar-refractivity contribution in [1.29, 1.82) is 0 Å². The second kappa shape index (κ2) is 6.37. The zero-order valence-electron chi connectivity index (χ0n) is 11.2. The van der Waals surface area contributed by atoms with Gasteiger partial charge in [0, 0.05) is 5.02 Å². The van der Waals surface area contributed by atoms with E-state index in [2.05, 4.69) is 26.2 Å². The number of benzene rings is 2. The molecular weight excluding hydrogens is 372 g/mol. The zero-order valence-corrected chi connectivity index (χ0v) is 13.5. The average Bonchev–Trinajstić information content (AvgIpc) is 2.89. The van der Waals surface area contributed by atoms with E-state index in [4.69, 9.17) is 20.8 Å². The lowest BCUT2D eigenvalue weighted by Gasteiger charge is -2.03. The maximum absolute atomic E-state index is 11.7. The summed E-state index contributed by atoms with van der Waals surface area (Å²) in [6.07, 6.45) is -0.641. The SMILES string of the molecule is O=C(Nc1nc2cc(Cl)cc(Br)c2o1)OCc1ccccc1. The molecule has 0 aliphatic rings. The third-order valence-electron chi connectivity index (χ3n) is 2.83. The molecule has 0 saturated carbocycles. The molecule has 0 saturated heterocycles. The summed E-state index contributed by atoms with van der Waals surface area (Å²) in [5, 5.41) is 2.96. The van der Waals surface area contributed by atoms with E-state index in [9.17, 15) is 4.79 Å². The molecular formula is C15H10BrClN2O3. The van der Waals surface area contributed by atoms with Gasteiger partial charge in [0.15, 0.2) is 5.58 Å². The molecule has 7 heteroatoms. The summed E-state index contributed by atoms with van der Waals surface area (Å²) in [5.74, 6) is 0. The van der Waals surface area contributed by atoms with Gasteiger partial charge in [0.25, 0.3) is 0 Å². The second-order valence-corrected chi connectivity index (χ2v) is 5.73. The molecule has 0 atom stereocenters. The number of ether oxygens (including phenoxy) is 1. The third-order valence-corrected chi connectivity index (χ3v) is 3.64. The van der Waals surface area contributed by atoms with Crippen LogP contribution in [0.1, 0.15) is 5.56 Å². The Hall–Kier alpha value is -2.05. The van der Waals surface area contributed by atoms with Crippen LogP contribution < -0.4 is 5.32 Å². The first kappa shape index (κ1) is 14.9. The molecule has 3 aromatic rings. The highest BCUT2D eigenvalue weighted by Gasteiger charge is 2.13. The van der Waals surface area contributed by atoms with Crippen molar-refractivity contribution in [3.8, 4) is 0 Å². The number of fused-ring (bicyclic) bond motifs is 1. The molecule has 0 fully saturated rings. The van der Waals surface area contributed by atoms with E-state index in [1.165, 1.54) is 0 Å². The smallest absolute Gasteiger partial charge is 0.415 e. The predicted octanol–water partition coefficient (Wildman–Crippen LogP) is 4.99. The van der Waals surface area contributed by atoms with Gasteiger partial charge >= 0.3 is 12.1 Å². The number of carbonyl (C=O) groups is 1. The summed E-state index contributed by atoms with van der Waals surface area (Å²) in [5.41, 5.74) is 1.94. The Morgan fingerprint density at radius 3 is 2.86 bits per heavy atom. The first-order valence-corrected chi connectivity index (χ1v) is 7.52. The van der Waals surface area contributed by atoms with Gasteiger partial charge in [-0.25, -0.2) is 10.1 Å². The number of anilines is 1. The molecule has 112 valence electrons. The molecule has 1 amide bonds. The molecule has 22 heavy (non-hydrogen) atoms. The van der Waals surface area contributed by atoms with Crippen LogP contribution in [0, 0.1) is 0 Å². The fraction of sp³-hybridized carbons (Fsp3) is 0.0667. The van der Waals surface area contributed by atoms with E-state index in [1.54, 1.807) is 12.1 Å². The highest BCUT2D eigenvalue weighted by molar-refractivity contribution is 9.10. The van der Waals surface area contributed by atoms with Crippen LogP contribution in [0.5, 0.6) is 0 Å². The summed E-state index contributed by atoms with van der Waals surface area (Å²) in [7, 11) is 0. The number of hydrogen-bond acceptors (Lipinski definition) is 4. The summed E-state index contributed by atoms with van der Waals surface area (Å²) >= 11 is 9.26. The minimum atomic E-state index is -0.641. The zero-order chi connectivity index (χ0) is 15.5. The predicted molar refractivity (Wildman–Crippen MR) is 87.0 cm³/mol. The highest BCUT2D eigenvalue weighted by Crippen LogP contribution is 2.30. The van der Waals surface area contributed by atoms with Crippen LogP contribution in [0.4, 0.5) is 10.8 Å². The summed E-state index contributed by atoms with van der Waals surface area (Å²) in [4.78, 5) is 15.9. The Morgan fingerprint density at radius 1 is 1.32 bits per heavy atom. The topological polar surface area (TPSA) is 64.4 Å². The molecule has 1 N–H and O–H groups in total. The van der Waals surface area contributed by atoms with Crippen molar-refractivity contribution in [2.24, 2.45) is 0 Å². The lowest BCUT2D eigenvalue weighted by atomic mass is 10.2. The molecule has 2 aromatic carbocycles. The van der Waals surface area contributed by atoms with E-state index in [0.717, 1.165) is 5.56 Å². The van der Waals surface area contributed by atoms with Crippen molar-refractivity contribution in [3.63, 3.8) is 0 Å². The molecule has 1 aromatic heterocycles. The largest absolute Gasteiger partial charge is 0.444 e. The number of amides is 1. The summed E-state index contributed by atoms with van der Waals surface area (Å²) in [6.45, 7) is 0.169. The molecule has 1 heterocycles. The minimum Gasteiger partial charge on any atom is -0.444 e. The van der Waals surface area contributed by atoms with Crippen molar-refractivity contribution < 1.29 is 13.9 Å². The lowest BCUT2D eigenvalue weighted by Crippen LogP contribution is -2.13. The van der Waals surface area contributed by atoms with E-state index in [-0.39, 0.29) is 12.6 Å². The van der Waals surface area contributed by atoms with Crippen molar-refractivity contribution in [2.75, 3.05) is 5.32 Å². The van der Waals surface area contributed by atoms with Gasteiger partial charge in [-0.2, -0.15) is 4.98 Å². The number of rotatable bonds is 3. The quantitative estimate of drug-likeness (QED) is 0.694. The first-order chi connectivity index (χ1) is 10.6. The van der Waals surface area contributed by atoms with Gasteiger partial charge in [0.05, 0.1) is 4.47 Å². The van der Waals surface area contributed by atoms with Gasteiger partial charge in [-0.1, -0.05) is 41.9 Å². The van der Waals surface area contributed by atoms with Crippen molar-refractivity contribution >= 4 is 50.7 Å². The Morgan fingerprint density at radius 2 is 2.09 bits per heavy atom. The van der Waals surface area contributed by atoms with E-state index >= 15 is 0 Å². The van der Waals surface area contributed by atoms with Crippen LogP contribution in [0.25, 0.3) is 11.1 Å². The fourth-order valence-electron chi connectivity index (χ4n) is 1.86. The van der Waals surface area contributed by atoms with Crippen LogP contribution in [0.2, 0.25) is 5.02 Å². The van der Waals surface area contributed by atoms with Gasteiger partial charge in [-0.05, 0) is 33.6 Å². The lowest BCUT2D eigenvalue weighted by molar-refractivity contribution is 0.154. The van der Waals surface area contributed by atoms with Gasteiger partial charge in [0.1, 0.15) is 12.1 Å². The van der Waals surface area contributed by atoms with Crippen molar-refractivity contribution in [3.05, 3.63) is 57.5 Å². The minimum absolute atomic E-state index is 0.0519.